The quantitative estimate of drug-likeness (QED) is 0.935. The molecular formula is C11H12N2O3S2. The zero-order valence-electron chi connectivity index (χ0n) is 9.88. The summed E-state index contributed by atoms with van der Waals surface area (Å²) in [5.41, 5.74) is 0.624. The van der Waals surface area contributed by atoms with Crippen LogP contribution in [0.3, 0.4) is 0 Å². The molecule has 0 bridgehead atoms. The fourth-order valence-electron chi connectivity index (χ4n) is 1.49. The van der Waals surface area contributed by atoms with Gasteiger partial charge in [0.05, 0.1) is 12.0 Å². The topological polar surface area (TPSA) is 68.3 Å². The Morgan fingerprint density at radius 2 is 2.17 bits per heavy atom. The maximum atomic E-state index is 12.1. The summed E-state index contributed by atoms with van der Waals surface area (Å²) in [6.07, 6.45) is 1.55. The van der Waals surface area contributed by atoms with E-state index in [-0.39, 0.29) is 4.90 Å². The van der Waals surface area contributed by atoms with Crippen molar-refractivity contribution in [1.29, 1.82) is 0 Å². The number of rotatable bonds is 4. The van der Waals surface area contributed by atoms with Crippen LogP contribution in [0.4, 0.5) is 5.13 Å². The molecule has 5 nitrogen and oxygen atoms in total. The number of methoxy groups -OCH3 is 1. The molecule has 7 heteroatoms. The van der Waals surface area contributed by atoms with Crippen LogP contribution >= 0.6 is 11.3 Å². The van der Waals surface area contributed by atoms with Crippen LogP contribution in [0.2, 0.25) is 0 Å². The standard InChI is InChI=1S/C11H12N2O3S2/c1-8-7-9(16-2)3-4-10(8)18(14,15)13-11-12-5-6-17-11/h3-7H,1-2H3,(H,12,13). The van der Waals surface area contributed by atoms with Gasteiger partial charge in [-0.15, -0.1) is 11.3 Å². The van der Waals surface area contributed by atoms with Gasteiger partial charge in [-0.1, -0.05) is 0 Å². The first kappa shape index (κ1) is 12.8. The van der Waals surface area contributed by atoms with Crippen molar-refractivity contribution in [1.82, 2.24) is 4.98 Å². The van der Waals surface area contributed by atoms with Crippen molar-refractivity contribution in [3.05, 3.63) is 35.3 Å². The molecule has 18 heavy (non-hydrogen) atoms. The van der Waals surface area contributed by atoms with Gasteiger partial charge in [0.15, 0.2) is 5.13 Å². The summed E-state index contributed by atoms with van der Waals surface area (Å²) >= 11 is 1.23. The molecule has 0 aliphatic heterocycles. The number of nitrogens with zero attached hydrogens (tertiary/aromatic N) is 1. The summed E-state index contributed by atoms with van der Waals surface area (Å²) in [7, 11) is -2.06. The van der Waals surface area contributed by atoms with Crippen molar-refractivity contribution >= 4 is 26.5 Å². The first-order valence-corrected chi connectivity index (χ1v) is 7.46. The maximum absolute atomic E-state index is 12.1. The van der Waals surface area contributed by atoms with E-state index in [0.717, 1.165) is 0 Å². The van der Waals surface area contributed by atoms with Gasteiger partial charge in [0, 0.05) is 11.6 Å². The highest BCUT2D eigenvalue weighted by Crippen LogP contribution is 2.23. The van der Waals surface area contributed by atoms with Gasteiger partial charge in [0.25, 0.3) is 10.0 Å². The number of sulfonamides is 1. The Morgan fingerprint density at radius 1 is 1.39 bits per heavy atom. The highest BCUT2D eigenvalue weighted by molar-refractivity contribution is 7.93. The van der Waals surface area contributed by atoms with E-state index in [4.69, 9.17) is 4.74 Å². The van der Waals surface area contributed by atoms with E-state index >= 15 is 0 Å². The number of hydrogen-bond acceptors (Lipinski definition) is 5. The minimum atomic E-state index is -3.60. The fourth-order valence-corrected chi connectivity index (χ4v) is 3.51. The van der Waals surface area contributed by atoms with Crippen LogP contribution in [0.5, 0.6) is 5.75 Å². The Balaban J connectivity index is 2.35. The van der Waals surface area contributed by atoms with Crippen LogP contribution in [-0.4, -0.2) is 20.5 Å². The maximum Gasteiger partial charge on any atom is 0.263 e. The molecule has 0 atom stereocenters. The van der Waals surface area contributed by atoms with Gasteiger partial charge in [0.2, 0.25) is 0 Å². The molecule has 1 aromatic heterocycles. The highest BCUT2D eigenvalue weighted by atomic mass is 32.2. The van der Waals surface area contributed by atoms with Crippen LogP contribution in [0, 0.1) is 6.92 Å². The van der Waals surface area contributed by atoms with E-state index in [9.17, 15) is 8.42 Å². The Labute approximate surface area is 110 Å². The fraction of sp³-hybridized carbons (Fsp3) is 0.182. The molecule has 0 saturated heterocycles. The summed E-state index contributed by atoms with van der Waals surface area (Å²) in [4.78, 5) is 4.11. The van der Waals surface area contributed by atoms with Crippen LogP contribution in [-0.2, 0) is 10.0 Å². The van der Waals surface area contributed by atoms with E-state index in [1.807, 2.05) is 0 Å². The zero-order valence-corrected chi connectivity index (χ0v) is 11.5. The van der Waals surface area contributed by atoms with Crippen LogP contribution in [0.25, 0.3) is 0 Å². The lowest BCUT2D eigenvalue weighted by molar-refractivity contribution is 0.414. The summed E-state index contributed by atoms with van der Waals surface area (Å²) in [5.74, 6) is 0.626. The number of thiazole rings is 1. The lowest BCUT2D eigenvalue weighted by Crippen LogP contribution is -2.14. The van der Waals surface area contributed by atoms with Crippen molar-refractivity contribution in [3.63, 3.8) is 0 Å². The van der Waals surface area contributed by atoms with Crippen LogP contribution < -0.4 is 9.46 Å². The largest absolute Gasteiger partial charge is 0.497 e. The minimum absolute atomic E-state index is 0.221. The Bertz CT molecular complexity index is 636. The summed E-state index contributed by atoms with van der Waals surface area (Å²) < 4.78 is 31.7. The third-order valence-corrected chi connectivity index (χ3v) is 4.64. The van der Waals surface area contributed by atoms with E-state index in [2.05, 4.69) is 9.71 Å². The van der Waals surface area contributed by atoms with Crippen molar-refractivity contribution in [2.75, 3.05) is 11.8 Å². The van der Waals surface area contributed by atoms with Gasteiger partial charge in [-0.3, -0.25) is 4.72 Å². The lowest BCUT2D eigenvalue weighted by atomic mass is 10.2. The Hall–Kier alpha value is -1.60. The molecule has 0 fully saturated rings. The van der Waals surface area contributed by atoms with E-state index in [1.165, 1.54) is 24.5 Å². The zero-order chi connectivity index (χ0) is 13.2. The number of aromatic nitrogens is 1. The average molecular weight is 284 g/mol. The number of aryl methyl sites for hydroxylation is 1. The van der Waals surface area contributed by atoms with Crippen LogP contribution in [0.1, 0.15) is 5.56 Å². The minimum Gasteiger partial charge on any atom is -0.497 e. The van der Waals surface area contributed by atoms with Crippen molar-refractivity contribution in [2.45, 2.75) is 11.8 Å². The second kappa shape index (κ2) is 4.95. The number of benzene rings is 1. The second-order valence-electron chi connectivity index (χ2n) is 3.57. The Kier molecular flexibility index (Phi) is 3.53. The summed E-state index contributed by atoms with van der Waals surface area (Å²) in [5, 5.41) is 2.06. The van der Waals surface area contributed by atoms with Crippen molar-refractivity contribution in [3.8, 4) is 5.75 Å². The first-order valence-electron chi connectivity index (χ1n) is 5.10. The summed E-state index contributed by atoms with van der Waals surface area (Å²) in [6.45, 7) is 1.72. The molecule has 0 radical (unpaired) electrons. The van der Waals surface area contributed by atoms with E-state index in [1.54, 1.807) is 30.6 Å². The van der Waals surface area contributed by atoms with E-state index < -0.39 is 10.0 Å². The predicted molar refractivity (Wildman–Crippen MR) is 70.7 cm³/mol. The molecule has 1 N–H and O–H groups in total. The first-order chi connectivity index (χ1) is 8.53. The molecule has 0 spiro atoms. The van der Waals surface area contributed by atoms with Gasteiger partial charge in [-0.25, -0.2) is 13.4 Å². The SMILES string of the molecule is COc1ccc(S(=O)(=O)Nc2nccs2)c(C)c1. The molecule has 1 heterocycles. The average Bonchev–Trinajstić information content (AvgIpc) is 2.80. The molecular weight excluding hydrogens is 272 g/mol. The molecule has 0 aliphatic rings. The molecule has 0 aliphatic carbocycles. The number of anilines is 1. The van der Waals surface area contributed by atoms with Gasteiger partial charge >= 0.3 is 0 Å². The molecule has 2 aromatic rings. The molecule has 2 rings (SSSR count). The molecule has 96 valence electrons. The third kappa shape index (κ3) is 2.62. The monoisotopic (exact) mass is 284 g/mol. The Morgan fingerprint density at radius 3 is 2.72 bits per heavy atom. The molecule has 0 amide bonds. The lowest BCUT2D eigenvalue weighted by Gasteiger charge is -2.09. The van der Waals surface area contributed by atoms with Crippen molar-refractivity contribution < 1.29 is 13.2 Å². The number of nitrogens with one attached hydrogen (secondary N) is 1. The van der Waals surface area contributed by atoms with Crippen molar-refractivity contribution in [2.24, 2.45) is 0 Å². The highest BCUT2D eigenvalue weighted by Gasteiger charge is 2.18. The predicted octanol–water partition coefficient (Wildman–Crippen LogP) is 2.26. The molecule has 1 aromatic carbocycles. The molecule has 0 unspecified atom stereocenters. The smallest absolute Gasteiger partial charge is 0.263 e. The normalized spacial score (nSPS) is 11.2. The summed E-state index contributed by atoms with van der Waals surface area (Å²) in [6, 6.07) is 4.81. The second-order valence-corrected chi connectivity index (χ2v) is 6.12. The number of hydrogen-bond donors (Lipinski definition) is 1. The van der Waals surface area contributed by atoms with Gasteiger partial charge in [-0.05, 0) is 30.7 Å². The van der Waals surface area contributed by atoms with E-state index in [0.29, 0.717) is 16.4 Å². The molecule has 0 saturated carbocycles. The van der Waals surface area contributed by atoms with Gasteiger partial charge < -0.3 is 4.74 Å². The third-order valence-electron chi connectivity index (χ3n) is 2.33. The van der Waals surface area contributed by atoms with Gasteiger partial charge in [0.1, 0.15) is 5.75 Å². The van der Waals surface area contributed by atoms with Gasteiger partial charge in [-0.2, -0.15) is 0 Å². The number of ether oxygens (including phenoxy) is 1. The van der Waals surface area contributed by atoms with Crippen LogP contribution in [0.15, 0.2) is 34.7 Å².